The number of alkyl halides is 2. The van der Waals surface area contributed by atoms with Crippen molar-refractivity contribution in [2.24, 2.45) is 0 Å². The Hall–Kier alpha value is -2.84. The van der Waals surface area contributed by atoms with E-state index in [2.05, 4.69) is 15.5 Å². The number of amides is 1. The van der Waals surface area contributed by atoms with Gasteiger partial charge in [-0.1, -0.05) is 41.0 Å². The predicted octanol–water partition coefficient (Wildman–Crippen LogP) is 3.79. The van der Waals surface area contributed by atoms with Crippen LogP contribution < -0.4 is 5.32 Å². The normalized spacial score (nSPS) is 12.2. The highest BCUT2D eigenvalue weighted by atomic mass is 35.5. The molecule has 6 nitrogen and oxygen atoms in total. The zero-order chi connectivity index (χ0) is 19.4. The lowest BCUT2D eigenvalue weighted by Crippen LogP contribution is -2.31. The first-order valence-electron chi connectivity index (χ1n) is 7.87. The van der Waals surface area contributed by atoms with Gasteiger partial charge in [-0.3, -0.25) is 4.79 Å². The van der Waals surface area contributed by atoms with E-state index in [0.29, 0.717) is 16.1 Å². The van der Waals surface area contributed by atoms with E-state index in [1.54, 1.807) is 12.1 Å². The number of hydrogen-bond donors (Lipinski definition) is 2. The van der Waals surface area contributed by atoms with Gasteiger partial charge in [0.05, 0.1) is 6.61 Å². The molecule has 0 unspecified atom stereocenters. The molecule has 3 aromatic rings. The molecule has 0 spiro atoms. The molecule has 9 heteroatoms. The Balaban J connectivity index is 1.74. The fourth-order valence-electron chi connectivity index (χ4n) is 2.30. The second-order valence-corrected chi connectivity index (χ2v) is 6.03. The van der Waals surface area contributed by atoms with Crippen molar-refractivity contribution >= 4 is 17.5 Å². The lowest BCUT2D eigenvalue weighted by Gasteiger charge is -2.12. The summed E-state index contributed by atoms with van der Waals surface area (Å²) in [4.78, 5) is 16.4. The van der Waals surface area contributed by atoms with Crippen LogP contribution in [0, 0.1) is 0 Å². The number of rotatable bonds is 6. The van der Waals surface area contributed by atoms with Gasteiger partial charge in [-0.2, -0.15) is 4.98 Å². The van der Waals surface area contributed by atoms with E-state index in [-0.39, 0.29) is 17.3 Å². The minimum absolute atomic E-state index is 0.00671. The summed E-state index contributed by atoms with van der Waals surface area (Å²) in [6, 6.07) is 10.7. The summed E-state index contributed by atoms with van der Waals surface area (Å²) in [6.45, 7) is -0.467. The maximum atomic E-state index is 12.6. The van der Waals surface area contributed by atoms with Crippen LogP contribution in [0.2, 0.25) is 5.02 Å². The molecule has 2 aromatic carbocycles. The van der Waals surface area contributed by atoms with Crippen LogP contribution in [0.5, 0.6) is 0 Å². The summed E-state index contributed by atoms with van der Waals surface area (Å²) in [5, 5.41) is 16.4. The van der Waals surface area contributed by atoms with Crippen LogP contribution in [-0.2, 0) is 0 Å². The topological polar surface area (TPSA) is 88.2 Å². The van der Waals surface area contributed by atoms with E-state index in [4.69, 9.17) is 16.1 Å². The third-order valence-corrected chi connectivity index (χ3v) is 4.01. The first-order valence-corrected chi connectivity index (χ1v) is 8.25. The molecule has 3 rings (SSSR count). The molecule has 0 aliphatic heterocycles. The zero-order valence-corrected chi connectivity index (χ0v) is 14.5. The van der Waals surface area contributed by atoms with E-state index in [1.807, 2.05) is 0 Å². The number of nitrogens with zero attached hydrogens (tertiary/aromatic N) is 2. The van der Waals surface area contributed by atoms with Gasteiger partial charge in [-0.25, -0.2) is 8.78 Å². The average molecular weight is 394 g/mol. The van der Waals surface area contributed by atoms with Gasteiger partial charge < -0.3 is 14.9 Å². The molecule has 1 atom stereocenters. The van der Waals surface area contributed by atoms with Crippen molar-refractivity contribution in [1.29, 1.82) is 0 Å². The molecule has 140 valence electrons. The molecule has 0 aliphatic rings. The molecule has 1 heterocycles. The molecule has 0 saturated carbocycles. The third-order valence-electron chi connectivity index (χ3n) is 3.76. The molecule has 0 aliphatic carbocycles. The molecular formula is C18H14ClF2N3O3. The molecule has 27 heavy (non-hydrogen) atoms. The van der Waals surface area contributed by atoms with E-state index < -0.39 is 25.0 Å². The van der Waals surface area contributed by atoms with Crippen LogP contribution in [0.25, 0.3) is 11.4 Å². The molecule has 1 aromatic heterocycles. The highest BCUT2D eigenvalue weighted by Crippen LogP contribution is 2.23. The molecule has 0 bridgehead atoms. The summed E-state index contributed by atoms with van der Waals surface area (Å²) >= 11 is 5.79. The van der Waals surface area contributed by atoms with Gasteiger partial charge in [0, 0.05) is 21.7 Å². The number of hydrogen-bond acceptors (Lipinski definition) is 5. The minimum atomic E-state index is -2.57. The Bertz CT molecular complexity index is 914. The van der Waals surface area contributed by atoms with Crippen molar-refractivity contribution < 1.29 is 23.2 Å². The molecule has 0 fully saturated rings. The highest BCUT2D eigenvalue weighted by molar-refractivity contribution is 6.30. The minimum Gasteiger partial charge on any atom is -0.394 e. The van der Waals surface area contributed by atoms with E-state index in [9.17, 15) is 18.7 Å². The number of halogens is 3. The summed E-state index contributed by atoms with van der Waals surface area (Å²) in [5.41, 5.74) is 0.696. The Morgan fingerprint density at radius 3 is 2.41 bits per heavy atom. The smallest absolute Gasteiger partial charge is 0.263 e. The van der Waals surface area contributed by atoms with Crippen LogP contribution in [0.1, 0.15) is 34.3 Å². The lowest BCUT2D eigenvalue weighted by atomic mass is 10.1. The number of benzene rings is 2. The van der Waals surface area contributed by atoms with Gasteiger partial charge in [0.2, 0.25) is 5.82 Å². The fourth-order valence-corrected chi connectivity index (χ4v) is 2.43. The fraction of sp³-hybridized carbons (Fsp3) is 0.167. The van der Waals surface area contributed by atoms with Gasteiger partial charge in [0.15, 0.2) is 0 Å². The summed E-state index contributed by atoms with van der Waals surface area (Å²) in [5.74, 6) is -0.301. The second-order valence-electron chi connectivity index (χ2n) is 5.59. The van der Waals surface area contributed by atoms with Gasteiger partial charge in [-0.05, 0) is 24.3 Å². The number of carbonyl (C=O) groups excluding carboxylic acids is 1. The number of aliphatic hydroxyl groups is 1. The first kappa shape index (κ1) is 18.9. The van der Waals surface area contributed by atoms with Gasteiger partial charge in [-0.15, -0.1) is 0 Å². The Labute approximate surface area is 157 Å². The van der Waals surface area contributed by atoms with Crippen LogP contribution in [0.4, 0.5) is 8.78 Å². The van der Waals surface area contributed by atoms with E-state index in [0.717, 1.165) is 0 Å². The molecule has 1 amide bonds. The maximum Gasteiger partial charge on any atom is 0.263 e. The summed E-state index contributed by atoms with van der Waals surface area (Å²) in [7, 11) is 0. The summed E-state index contributed by atoms with van der Waals surface area (Å²) in [6.07, 6.45) is -2.57. The molecule has 0 saturated heterocycles. The van der Waals surface area contributed by atoms with Crippen LogP contribution in [0.3, 0.4) is 0 Å². The van der Waals surface area contributed by atoms with Crippen molar-refractivity contribution in [3.63, 3.8) is 0 Å². The van der Waals surface area contributed by atoms with Crippen molar-refractivity contribution in [1.82, 2.24) is 15.5 Å². The van der Waals surface area contributed by atoms with Crippen LogP contribution in [0.15, 0.2) is 53.1 Å². The highest BCUT2D eigenvalue weighted by Gasteiger charge is 2.22. The number of nitrogens with one attached hydrogen (secondary N) is 1. The molecular weight excluding hydrogens is 380 g/mol. The Morgan fingerprint density at radius 1 is 1.15 bits per heavy atom. The van der Waals surface area contributed by atoms with Crippen molar-refractivity contribution in [2.75, 3.05) is 6.61 Å². The quantitative estimate of drug-likeness (QED) is 0.665. The second kappa shape index (κ2) is 8.24. The predicted molar refractivity (Wildman–Crippen MR) is 93.4 cm³/mol. The van der Waals surface area contributed by atoms with Crippen LogP contribution >= 0.6 is 11.6 Å². The first-order chi connectivity index (χ1) is 13.0. The molecule has 0 radical (unpaired) electrons. The van der Waals surface area contributed by atoms with Crippen molar-refractivity contribution in [3.05, 3.63) is 70.6 Å². The van der Waals surface area contributed by atoms with Crippen LogP contribution in [-0.4, -0.2) is 27.8 Å². The van der Waals surface area contributed by atoms with Gasteiger partial charge in [0.25, 0.3) is 18.2 Å². The zero-order valence-electron chi connectivity index (χ0n) is 13.8. The summed E-state index contributed by atoms with van der Waals surface area (Å²) < 4.78 is 30.3. The van der Waals surface area contributed by atoms with Crippen molar-refractivity contribution in [3.8, 4) is 11.4 Å². The van der Waals surface area contributed by atoms with Gasteiger partial charge in [0.1, 0.15) is 6.04 Å². The third kappa shape index (κ3) is 4.47. The Morgan fingerprint density at radius 2 is 1.81 bits per heavy atom. The number of carbonyl (C=O) groups is 1. The van der Waals surface area contributed by atoms with Gasteiger partial charge >= 0.3 is 0 Å². The number of aromatic nitrogens is 2. The van der Waals surface area contributed by atoms with E-state index in [1.165, 1.54) is 36.4 Å². The van der Waals surface area contributed by atoms with Crippen molar-refractivity contribution in [2.45, 2.75) is 12.5 Å². The monoisotopic (exact) mass is 393 g/mol. The molecule has 2 N–H and O–H groups in total. The lowest BCUT2D eigenvalue weighted by molar-refractivity contribution is 0.0901. The number of aliphatic hydroxyl groups excluding tert-OH is 1. The standard InChI is InChI=1S/C18H14ClF2N3O3/c19-13-7-5-12(6-8-13)17(26)22-14(9-25)18-23-16(24-27-18)11-3-1-10(2-4-11)15(20)21/h1-8,14-15,25H,9H2,(H,22,26)/t14-/m0/s1. The average Bonchev–Trinajstić information content (AvgIpc) is 3.16. The maximum absolute atomic E-state index is 12.6. The SMILES string of the molecule is O=C(N[C@@H](CO)c1nc(-c2ccc(C(F)F)cc2)no1)c1ccc(Cl)cc1. The Kier molecular flexibility index (Phi) is 5.78. The van der Waals surface area contributed by atoms with E-state index >= 15 is 0 Å². The largest absolute Gasteiger partial charge is 0.394 e.